The Morgan fingerprint density at radius 2 is 2.05 bits per heavy atom. The Morgan fingerprint density at radius 3 is 2.81 bits per heavy atom. The number of hydrogen-bond donors (Lipinski definition) is 1. The summed E-state index contributed by atoms with van der Waals surface area (Å²) >= 11 is 0. The van der Waals surface area contributed by atoms with Crippen LogP contribution >= 0.6 is 0 Å². The zero-order valence-corrected chi connectivity index (χ0v) is 12.3. The van der Waals surface area contributed by atoms with Gasteiger partial charge in [-0.1, -0.05) is 24.3 Å². The van der Waals surface area contributed by atoms with Crippen LogP contribution in [-0.4, -0.2) is 49.1 Å². The molecule has 5 heteroatoms. The number of nitrogens with zero attached hydrogens (tertiary/aromatic N) is 2. The molecule has 0 saturated carbocycles. The highest BCUT2D eigenvalue weighted by Gasteiger charge is 2.16. The van der Waals surface area contributed by atoms with Crippen molar-refractivity contribution in [2.45, 2.75) is 6.42 Å². The Hall–Kier alpha value is -1.98. The molecule has 2 rings (SSSR count). The average Bonchev–Trinajstić information content (AvgIpc) is 2.54. The number of amides is 1. The van der Waals surface area contributed by atoms with Gasteiger partial charge in [-0.25, -0.2) is 4.98 Å². The van der Waals surface area contributed by atoms with Crippen LogP contribution in [-0.2, 0) is 4.74 Å². The topological polar surface area (TPSA) is 68.5 Å². The predicted molar refractivity (Wildman–Crippen MR) is 83.2 cm³/mol. The summed E-state index contributed by atoms with van der Waals surface area (Å²) in [6.07, 6.45) is 0.767. The first-order valence-electron chi connectivity index (χ1n) is 7.10. The Balaban J connectivity index is 2.20. The van der Waals surface area contributed by atoms with Crippen molar-refractivity contribution in [3.63, 3.8) is 0 Å². The summed E-state index contributed by atoms with van der Waals surface area (Å²) in [5, 5.41) is 1.03. The number of benzene rings is 1. The second-order valence-corrected chi connectivity index (χ2v) is 4.82. The summed E-state index contributed by atoms with van der Waals surface area (Å²) in [6.45, 7) is 2.23. The fraction of sp³-hybridized carbons (Fsp3) is 0.375. The molecule has 0 aliphatic heterocycles. The Morgan fingerprint density at radius 1 is 1.24 bits per heavy atom. The number of carbonyl (C=O) groups is 1. The molecular weight excluding hydrogens is 266 g/mol. The van der Waals surface area contributed by atoms with Crippen molar-refractivity contribution < 1.29 is 9.53 Å². The van der Waals surface area contributed by atoms with E-state index in [9.17, 15) is 4.79 Å². The number of hydrogen-bond acceptors (Lipinski definition) is 4. The third-order valence-electron chi connectivity index (χ3n) is 3.30. The number of aromatic nitrogens is 1. The van der Waals surface area contributed by atoms with E-state index in [0.29, 0.717) is 31.9 Å². The summed E-state index contributed by atoms with van der Waals surface area (Å²) in [6, 6.07) is 11.5. The molecule has 0 bridgehead atoms. The highest BCUT2D eigenvalue weighted by atomic mass is 16.5. The maximum absolute atomic E-state index is 12.6. The van der Waals surface area contributed by atoms with Gasteiger partial charge in [0.25, 0.3) is 5.91 Å². The molecule has 1 aromatic carbocycles. The SMILES string of the molecule is COCCN(CCCN)C(=O)c1ccc2ccccc2n1. The lowest BCUT2D eigenvalue weighted by atomic mass is 10.2. The zero-order valence-electron chi connectivity index (χ0n) is 12.3. The molecule has 0 spiro atoms. The van der Waals surface area contributed by atoms with E-state index in [4.69, 9.17) is 10.5 Å². The summed E-state index contributed by atoms with van der Waals surface area (Å²) in [5.74, 6) is -0.0775. The first-order valence-corrected chi connectivity index (χ1v) is 7.10. The normalized spacial score (nSPS) is 10.8. The van der Waals surface area contributed by atoms with E-state index in [1.54, 1.807) is 18.1 Å². The molecule has 1 aromatic heterocycles. The van der Waals surface area contributed by atoms with Crippen LogP contribution in [0.1, 0.15) is 16.9 Å². The fourth-order valence-electron chi connectivity index (χ4n) is 2.15. The minimum absolute atomic E-state index is 0.0775. The van der Waals surface area contributed by atoms with E-state index in [1.165, 1.54) is 0 Å². The molecule has 0 saturated heterocycles. The van der Waals surface area contributed by atoms with Gasteiger partial charge in [-0.15, -0.1) is 0 Å². The second-order valence-electron chi connectivity index (χ2n) is 4.82. The number of methoxy groups -OCH3 is 1. The quantitative estimate of drug-likeness (QED) is 0.841. The number of fused-ring (bicyclic) bond motifs is 1. The summed E-state index contributed by atoms with van der Waals surface area (Å²) < 4.78 is 5.06. The van der Waals surface area contributed by atoms with Gasteiger partial charge in [0.15, 0.2) is 0 Å². The third kappa shape index (κ3) is 4.00. The van der Waals surface area contributed by atoms with Crippen LogP contribution in [0.2, 0.25) is 0 Å². The minimum Gasteiger partial charge on any atom is -0.383 e. The molecule has 0 unspecified atom stereocenters. The Kier molecular flexibility index (Phi) is 5.66. The molecule has 0 atom stereocenters. The van der Waals surface area contributed by atoms with E-state index >= 15 is 0 Å². The molecule has 0 aliphatic rings. The van der Waals surface area contributed by atoms with E-state index in [0.717, 1.165) is 17.3 Å². The van der Waals surface area contributed by atoms with Crippen LogP contribution in [0, 0.1) is 0 Å². The van der Waals surface area contributed by atoms with Gasteiger partial charge in [0, 0.05) is 25.6 Å². The number of para-hydroxylation sites is 1. The van der Waals surface area contributed by atoms with Crippen molar-refractivity contribution in [1.82, 2.24) is 9.88 Å². The fourth-order valence-corrected chi connectivity index (χ4v) is 2.15. The maximum Gasteiger partial charge on any atom is 0.272 e. The van der Waals surface area contributed by atoms with Crippen LogP contribution in [0.25, 0.3) is 10.9 Å². The largest absolute Gasteiger partial charge is 0.383 e. The lowest BCUT2D eigenvalue weighted by Gasteiger charge is -2.21. The van der Waals surface area contributed by atoms with Crippen LogP contribution < -0.4 is 5.73 Å². The number of ether oxygens (including phenoxy) is 1. The Labute approximate surface area is 124 Å². The van der Waals surface area contributed by atoms with Gasteiger partial charge in [-0.05, 0) is 25.1 Å². The monoisotopic (exact) mass is 287 g/mol. The summed E-state index contributed by atoms with van der Waals surface area (Å²) in [5.41, 5.74) is 6.82. The molecule has 1 amide bonds. The Bertz CT molecular complexity index is 593. The molecule has 112 valence electrons. The van der Waals surface area contributed by atoms with E-state index in [2.05, 4.69) is 4.98 Å². The molecule has 0 aliphatic carbocycles. The lowest BCUT2D eigenvalue weighted by Crippen LogP contribution is -2.36. The van der Waals surface area contributed by atoms with Crippen molar-refractivity contribution in [3.05, 3.63) is 42.1 Å². The predicted octanol–water partition coefficient (Wildman–Crippen LogP) is 1.67. The molecular formula is C16H21N3O2. The van der Waals surface area contributed by atoms with Crippen LogP contribution in [0.5, 0.6) is 0 Å². The molecule has 5 nitrogen and oxygen atoms in total. The van der Waals surface area contributed by atoms with Gasteiger partial charge in [0.05, 0.1) is 12.1 Å². The van der Waals surface area contributed by atoms with Gasteiger partial charge < -0.3 is 15.4 Å². The van der Waals surface area contributed by atoms with Crippen molar-refractivity contribution in [2.24, 2.45) is 5.73 Å². The van der Waals surface area contributed by atoms with Crippen molar-refractivity contribution >= 4 is 16.8 Å². The van der Waals surface area contributed by atoms with Gasteiger partial charge in [0.2, 0.25) is 0 Å². The van der Waals surface area contributed by atoms with E-state index in [-0.39, 0.29) is 5.91 Å². The highest BCUT2D eigenvalue weighted by molar-refractivity contribution is 5.94. The van der Waals surface area contributed by atoms with Crippen LogP contribution in [0.3, 0.4) is 0 Å². The standard InChI is InChI=1S/C16H21N3O2/c1-21-12-11-19(10-4-9-17)16(20)15-8-7-13-5-2-3-6-14(13)18-15/h2-3,5-8H,4,9-12,17H2,1H3. The number of nitrogens with two attached hydrogens (primary N) is 1. The number of rotatable bonds is 7. The van der Waals surface area contributed by atoms with E-state index < -0.39 is 0 Å². The van der Waals surface area contributed by atoms with Gasteiger partial charge in [0.1, 0.15) is 5.69 Å². The lowest BCUT2D eigenvalue weighted by molar-refractivity contribution is 0.0689. The molecule has 0 radical (unpaired) electrons. The van der Waals surface area contributed by atoms with Crippen molar-refractivity contribution in [1.29, 1.82) is 0 Å². The maximum atomic E-state index is 12.6. The minimum atomic E-state index is -0.0775. The zero-order chi connectivity index (χ0) is 15.1. The van der Waals surface area contributed by atoms with Crippen LogP contribution in [0.4, 0.5) is 0 Å². The summed E-state index contributed by atoms with van der Waals surface area (Å²) in [4.78, 5) is 18.8. The van der Waals surface area contributed by atoms with Crippen molar-refractivity contribution in [2.75, 3.05) is 33.4 Å². The molecule has 0 fully saturated rings. The van der Waals surface area contributed by atoms with Gasteiger partial charge in [-0.2, -0.15) is 0 Å². The first kappa shape index (κ1) is 15.4. The number of carbonyl (C=O) groups excluding carboxylic acids is 1. The third-order valence-corrected chi connectivity index (χ3v) is 3.30. The van der Waals surface area contributed by atoms with Gasteiger partial charge >= 0.3 is 0 Å². The average molecular weight is 287 g/mol. The molecule has 21 heavy (non-hydrogen) atoms. The summed E-state index contributed by atoms with van der Waals surface area (Å²) in [7, 11) is 1.62. The molecule has 2 aromatic rings. The first-order chi connectivity index (χ1) is 10.3. The van der Waals surface area contributed by atoms with E-state index in [1.807, 2.05) is 30.3 Å². The second kappa shape index (κ2) is 7.71. The van der Waals surface area contributed by atoms with Crippen LogP contribution in [0.15, 0.2) is 36.4 Å². The smallest absolute Gasteiger partial charge is 0.272 e. The van der Waals surface area contributed by atoms with Gasteiger partial charge in [-0.3, -0.25) is 4.79 Å². The highest BCUT2D eigenvalue weighted by Crippen LogP contribution is 2.13. The molecule has 2 N–H and O–H groups in total. The van der Waals surface area contributed by atoms with Crippen molar-refractivity contribution in [3.8, 4) is 0 Å². The molecule has 1 heterocycles. The number of pyridine rings is 1.